The Morgan fingerprint density at radius 1 is 1.44 bits per heavy atom. The van der Waals surface area contributed by atoms with Crippen LogP contribution in [0.5, 0.6) is 0 Å². The van der Waals surface area contributed by atoms with E-state index in [0.29, 0.717) is 18.1 Å². The fourth-order valence-corrected chi connectivity index (χ4v) is 3.33. The summed E-state index contributed by atoms with van der Waals surface area (Å²) in [4.78, 5) is 34.0. The highest BCUT2D eigenvalue weighted by atomic mass is 32.2. The molecule has 0 radical (unpaired) electrons. The van der Waals surface area contributed by atoms with Gasteiger partial charge in [0.05, 0.1) is 18.0 Å². The maximum absolute atomic E-state index is 12.2. The molecule has 1 heterocycles. The van der Waals surface area contributed by atoms with Crippen LogP contribution < -0.4 is 11.1 Å². The summed E-state index contributed by atoms with van der Waals surface area (Å²) in [5, 5.41) is 18.6. The number of hydrogen-bond acceptors (Lipinski definition) is 6. The van der Waals surface area contributed by atoms with E-state index in [4.69, 9.17) is 20.9 Å². The van der Waals surface area contributed by atoms with Crippen molar-refractivity contribution in [1.82, 2.24) is 10.2 Å². The summed E-state index contributed by atoms with van der Waals surface area (Å²) in [5.74, 6) is -2.10. The van der Waals surface area contributed by atoms with E-state index in [1.807, 2.05) is 0 Å². The van der Waals surface area contributed by atoms with Gasteiger partial charge in [-0.2, -0.15) is 18.4 Å². The van der Waals surface area contributed by atoms with Crippen molar-refractivity contribution >= 4 is 29.5 Å². The third-order valence-electron chi connectivity index (χ3n) is 3.73. The van der Waals surface area contributed by atoms with E-state index in [9.17, 15) is 22.8 Å². The van der Waals surface area contributed by atoms with Gasteiger partial charge < -0.3 is 21.1 Å². The van der Waals surface area contributed by atoms with Crippen LogP contribution in [0, 0.1) is 23.2 Å². The molecule has 2 amide bonds. The van der Waals surface area contributed by atoms with Crippen LogP contribution in [-0.4, -0.2) is 64.7 Å². The summed E-state index contributed by atoms with van der Waals surface area (Å²) < 4.78 is 31.7. The molecule has 0 unspecified atom stereocenters. The van der Waals surface area contributed by atoms with Gasteiger partial charge in [0, 0.05) is 18.7 Å². The standard InChI is InChI=1S/C11H16N4O2S.C2HF3O2/c1-14-10(16)8-2-7(8)9(13)11(17)15-5-18-4-6(15)3-12;3-2(4,5)1(6)7/h6-9H,2,4-5,13H2,1H3,(H,14,16);(H,6,7)/t6-,7-,8+,9+;/m1./s1. The predicted octanol–water partition coefficient (Wildman–Crippen LogP) is -0.246. The van der Waals surface area contributed by atoms with Crippen molar-refractivity contribution in [2.45, 2.75) is 24.7 Å². The zero-order valence-corrected chi connectivity index (χ0v) is 13.9. The molecule has 2 aliphatic rings. The number of carboxylic acids is 1. The van der Waals surface area contributed by atoms with E-state index in [1.54, 1.807) is 18.8 Å². The molecule has 12 heteroatoms. The van der Waals surface area contributed by atoms with Gasteiger partial charge in [-0.1, -0.05) is 0 Å². The fourth-order valence-electron chi connectivity index (χ4n) is 2.24. The van der Waals surface area contributed by atoms with Crippen LogP contribution in [0.2, 0.25) is 0 Å². The van der Waals surface area contributed by atoms with Gasteiger partial charge in [-0.3, -0.25) is 9.59 Å². The summed E-state index contributed by atoms with van der Waals surface area (Å²) in [5.41, 5.74) is 5.91. The van der Waals surface area contributed by atoms with Crippen molar-refractivity contribution in [2.24, 2.45) is 17.6 Å². The lowest BCUT2D eigenvalue weighted by Gasteiger charge is -2.22. The van der Waals surface area contributed by atoms with Crippen molar-refractivity contribution in [3.8, 4) is 6.07 Å². The number of nitrogens with two attached hydrogens (primary N) is 1. The molecule has 0 aromatic heterocycles. The van der Waals surface area contributed by atoms with Gasteiger partial charge in [-0.15, -0.1) is 11.8 Å². The number of carbonyl (C=O) groups excluding carboxylic acids is 2. The Morgan fingerprint density at radius 2 is 2.00 bits per heavy atom. The smallest absolute Gasteiger partial charge is 0.475 e. The van der Waals surface area contributed by atoms with Gasteiger partial charge in [0.25, 0.3) is 0 Å². The van der Waals surface area contributed by atoms with Crippen LogP contribution in [0.15, 0.2) is 0 Å². The van der Waals surface area contributed by atoms with Gasteiger partial charge in [0.2, 0.25) is 11.8 Å². The van der Waals surface area contributed by atoms with Crippen molar-refractivity contribution in [3.05, 3.63) is 0 Å². The van der Waals surface area contributed by atoms with Crippen LogP contribution in [0.1, 0.15) is 6.42 Å². The molecule has 1 saturated carbocycles. The second-order valence-corrected chi connectivity index (χ2v) is 6.40. The van der Waals surface area contributed by atoms with Crippen LogP contribution in [-0.2, 0) is 14.4 Å². The molecule has 1 aliphatic carbocycles. The van der Waals surface area contributed by atoms with Crippen molar-refractivity contribution in [3.63, 3.8) is 0 Å². The second-order valence-electron chi connectivity index (χ2n) is 5.40. The molecule has 2 fully saturated rings. The minimum atomic E-state index is -5.08. The normalized spacial score (nSPS) is 25.9. The molecule has 0 aromatic rings. The maximum atomic E-state index is 12.2. The Balaban J connectivity index is 0.000000381. The number of aliphatic carboxylic acids is 1. The Kier molecular flexibility index (Phi) is 7.06. The number of nitriles is 1. The van der Waals surface area contributed by atoms with Crippen LogP contribution >= 0.6 is 11.8 Å². The van der Waals surface area contributed by atoms with Gasteiger partial charge in [-0.05, 0) is 12.3 Å². The van der Waals surface area contributed by atoms with Crippen molar-refractivity contribution in [1.29, 1.82) is 5.26 Å². The first-order chi connectivity index (χ1) is 11.5. The molecule has 1 aliphatic heterocycles. The van der Waals surface area contributed by atoms with E-state index in [0.717, 1.165) is 0 Å². The van der Waals surface area contributed by atoms with Crippen molar-refractivity contribution in [2.75, 3.05) is 18.7 Å². The third kappa shape index (κ3) is 5.50. The molecule has 0 bridgehead atoms. The van der Waals surface area contributed by atoms with Gasteiger partial charge >= 0.3 is 12.1 Å². The van der Waals surface area contributed by atoms with Crippen molar-refractivity contribution < 1.29 is 32.7 Å². The van der Waals surface area contributed by atoms with E-state index in [1.165, 1.54) is 4.90 Å². The zero-order valence-electron chi connectivity index (χ0n) is 13.1. The van der Waals surface area contributed by atoms with E-state index in [2.05, 4.69) is 11.4 Å². The Bertz CT molecular complexity index is 581. The van der Waals surface area contributed by atoms with Gasteiger partial charge in [-0.25, -0.2) is 4.79 Å². The lowest BCUT2D eigenvalue weighted by molar-refractivity contribution is -0.192. The quantitative estimate of drug-likeness (QED) is 0.612. The van der Waals surface area contributed by atoms with E-state index >= 15 is 0 Å². The first kappa shape index (κ1) is 21.0. The summed E-state index contributed by atoms with van der Waals surface area (Å²) in [6.45, 7) is 0. The first-order valence-corrected chi connectivity index (χ1v) is 8.25. The molecule has 4 N–H and O–H groups in total. The molecule has 140 valence electrons. The number of alkyl halides is 3. The van der Waals surface area contributed by atoms with Gasteiger partial charge in [0.1, 0.15) is 6.04 Å². The van der Waals surface area contributed by atoms with E-state index < -0.39 is 18.2 Å². The molecule has 4 atom stereocenters. The molecule has 2 rings (SSSR count). The minimum absolute atomic E-state index is 0.0594. The highest BCUT2D eigenvalue weighted by Crippen LogP contribution is 2.41. The van der Waals surface area contributed by atoms with E-state index in [-0.39, 0.29) is 29.7 Å². The zero-order chi connectivity index (χ0) is 19.4. The first-order valence-electron chi connectivity index (χ1n) is 7.09. The number of amides is 2. The largest absolute Gasteiger partial charge is 0.490 e. The summed E-state index contributed by atoms with van der Waals surface area (Å²) in [6.07, 6.45) is -4.43. The number of carboxylic acid groups (broad SMARTS) is 1. The molecule has 1 saturated heterocycles. The Hall–Kier alpha value is -2.00. The monoisotopic (exact) mass is 382 g/mol. The molecule has 0 spiro atoms. The highest BCUT2D eigenvalue weighted by molar-refractivity contribution is 7.99. The molecule has 0 aromatic carbocycles. The van der Waals surface area contributed by atoms with Crippen LogP contribution in [0.3, 0.4) is 0 Å². The third-order valence-corrected chi connectivity index (χ3v) is 4.74. The lowest BCUT2D eigenvalue weighted by atomic mass is 10.1. The Morgan fingerprint density at radius 3 is 2.44 bits per heavy atom. The maximum Gasteiger partial charge on any atom is 0.490 e. The Labute approximate surface area is 145 Å². The number of halogens is 3. The molecule has 8 nitrogen and oxygen atoms in total. The summed E-state index contributed by atoms with van der Waals surface area (Å²) in [6, 6.07) is 1.06. The molecule has 25 heavy (non-hydrogen) atoms. The summed E-state index contributed by atoms with van der Waals surface area (Å²) in [7, 11) is 1.58. The predicted molar refractivity (Wildman–Crippen MR) is 80.9 cm³/mol. The average molecular weight is 382 g/mol. The molecular formula is C13H17F3N4O4S. The lowest BCUT2D eigenvalue weighted by Crippen LogP contribution is -2.47. The summed E-state index contributed by atoms with van der Waals surface area (Å²) >= 11 is 1.55. The number of nitrogens with zero attached hydrogens (tertiary/aromatic N) is 2. The SMILES string of the molecule is CNC(=O)[C@H]1C[C@H]1[C@H](N)C(=O)N1CSC[C@H]1C#N.O=C(O)C(F)(F)F. The van der Waals surface area contributed by atoms with Crippen LogP contribution in [0.4, 0.5) is 13.2 Å². The average Bonchev–Trinajstić information content (AvgIpc) is 3.21. The van der Waals surface area contributed by atoms with Crippen LogP contribution in [0.25, 0.3) is 0 Å². The number of nitrogens with one attached hydrogen (secondary N) is 1. The number of carbonyl (C=O) groups is 3. The fraction of sp³-hybridized carbons (Fsp3) is 0.692. The number of rotatable bonds is 3. The molecular weight excluding hydrogens is 365 g/mol. The van der Waals surface area contributed by atoms with Gasteiger partial charge in [0.15, 0.2) is 0 Å². The topological polar surface area (TPSA) is 137 Å². The highest BCUT2D eigenvalue weighted by Gasteiger charge is 2.50. The number of thioether (sulfide) groups is 1. The minimum Gasteiger partial charge on any atom is -0.475 e. The second kappa shape index (κ2) is 8.39. The number of hydrogen-bond donors (Lipinski definition) is 3.